The smallest absolute Gasteiger partial charge is 0.257 e. The van der Waals surface area contributed by atoms with Gasteiger partial charge in [-0.15, -0.1) is 0 Å². The molecule has 1 aromatic heterocycles. The van der Waals surface area contributed by atoms with Crippen LogP contribution >= 0.6 is 0 Å². The normalized spacial score (nSPS) is 19.5. The number of carbonyl (C=O) groups is 1. The molecule has 1 aliphatic rings. The minimum Gasteiger partial charge on any atom is -0.505 e. The molecule has 2 heterocycles. The molecule has 0 saturated carbocycles. The van der Waals surface area contributed by atoms with Crippen molar-refractivity contribution in [1.82, 2.24) is 15.2 Å². The Hall–Kier alpha value is -1.66. The molecule has 1 saturated heterocycles. The van der Waals surface area contributed by atoms with Gasteiger partial charge in [0.25, 0.3) is 5.91 Å². The van der Waals surface area contributed by atoms with Crippen LogP contribution in [0.5, 0.6) is 5.75 Å². The summed E-state index contributed by atoms with van der Waals surface area (Å²) >= 11 is 0. The molecule has 1 unspecified atom stereocenters. The molecule has 0 spiro atoms. The van der Waals surface area contributed by atoms with Crippen molar-refractivity contribution in [2.75, 3.05) is 33.3 Å². The monoisotopic (exact) mass is 251 g/mol. The van der Waals surface area contributed by atoms with E-state index in [1.165, 1.54) is 18.5 Å². The Morgan fingerprint density at radius 2 is 2.56 bits per heavy atom. The molecule has 2 N–H and O–H groups in total. The largest absolute Gasteiger partial charge is 0.505 e. The number of nitrogens with one attached hydrogen (secondary N) is 1. The Morgan fingerprint density at radius 1 is 1.72 bits per heavy atom. The molecule has 98 valence electrons. The van der Waals surface area contributed by atoms with Crippen molar-refractivity contribution >= 4 is 5.91 Å². The summed E-state index contributed by atoms with van der Waals surface area (Å²) < 4.78 is 5.53. The van der Waals surface area contributed by atoms with Crippen LogP contribution in [0, 0.1) is 0 Å². The molecule has 1 aliphatic heterocycles. The fourth-order valence-electron chi connectivity index (χ4n) is 1.90. The van der Waals surface area contributed by atoms with E-state index in [1.807, 2.05) is 0 Å². The quantitative estimate of drug-likeness (QED) is 0.781. The minimum atomic E-state index is -0.232. The van der Waals surface area contributed by atoms with Crippen LogP contribution in [0.15, 0.2) is 18.5 Å². The summed E-state index contributed by atoms with van der Waals surface area (Å²) in [5.41, 5.74) is 0.260. The van der Waals surface area contributed by atoms with Crippen molar-refractivity contribution in [3.05, 3.63) is 24.0 Å². The fraction of sp³-hybridized carbons (Fsp3) is 0.500. The molecule has 18 heavy (non-hydrogen) atoms. The Labute approximate surface area is 106 Å². The molecule has 6 heteroatoms. The predicted octanol–water partition coefficient (Wildman–Crippen LogP) is -0.152. The first kappa shape index (κ1) is 12.8. The van der Waals surface area contributed by atoms with Crippen LogP contribution in [0.2, 0.25) is 0 Å². The summed E-state index contributed by atoms with van der Waals surface area (Å²) in [4.78, 5) is 17.4. The zero-order chi connectivity index (χ0) is 13.0. The van der Waals surface area contributed by atoms with Gasteiger partial charge in [0, 0.05) is 32.9 Å². The lowest BCUT2D eigenvalue weighted by Gasteiger charge is -2.28. The molecule has 0 aliphatic carbocycles. The van der Waals surface area contributed by atoms with E-state index >= 15 is 0 Å². The fourth-order valence-corrected chi connectivity index (χ4v) is 1.90. The second kappa shape index (κ2) is 5.79. The van der Waals surface area contributed by atoms with Crippen molar-refractivity contribution < 1.29 is 14.6 Å². The highest BCUT2D eigenvalue weighted by Crippen LogP contribution is 2.16. The number of hydrogen-bond donors (Lipinski definition) is 2. The first-order valence-corrected chi connectivity index (χ1v) is 5.89. The van der Waals surface area contributed by atoms with Gasteiger partial charge in [0.05, 0.1) is 24.5 Å². The van der Waals surface area contributed by atoms with E-state index in [1.54, 1.807) is 11.9 Å². The van der Waals surface area contributed by atoms with Gasteiger partial charge in [-0.25, -0.2) is 0 Å². The highest BCUT2D eigenvalue weighted by molar-refractivity contribution is 5.96. The van der Waals surface area contributed by atoms with Crippen molar-refractivity contribution in [3.63, 3.8) is 0 Å². The van der Waals surface area contributed by atoms with E-state index < -0.39 is 0 Å². The van der Waals surface area contributed by atoms with E-state index in [9.17, 15) is 9.90 Å². The summed E-state index contributed by atoms with van der Waals surface area (Å²) in [6.45, 7) is 2.74. The molecule has 1 atom stereocenters. The van der Waals surface area contributed by atoms with Gasteiger partial charge in [-0.1, -0.05) is 0 Å². The molecular weight excluding hydrogens is 234 g/mol. The Morgan fingerprint density at radius 3 is 3.22 bits per heavy atom. The van der Waals surface area contributed by atoms with Crippen LogP contribution < -0.4 is 5.32 Å². The second-order valence-corrected chi connectivity index (χ2v) is 4.28. The summed E-state index contributed by atoms with van der Waals surface area (Å²) in [5, 5.41) is 12.8. The van der Waals surface area contributed by atoms with Crippen LogP contribution in [0.3, 0.4) is 0 Å². The van der Waals surface area contributed by atoms with Crippen molar-refractivity contribution in [1.29, 1.82) is 0 Å². The van der Waals surface area contributed by atoms with E-state index in [0.717, 1.165) is 13.1 Å². The third-order valence-corrected chi connectivity index (χ3v) is 2.86. The van der Waals surface area contributed by atoms with Crippen molar-refractivity contribution in [2.24, 2.45) is 0 Å². The minimum absolute atomic E-state index is 0.00307. The standard InChI is InChI=1S/C12H17N3O3/c1-15(8-9-6-14-4-5-18-9)12(17)10-2-3-13-7-11(10)16/h2-3,7,9,14,16H,4-6,8H2,1H3. The molecule has 0 aromatic carbocycles. The zero-order valence-corrected chi connectivity index (χ0v) is 10.3. The van der Waals surface area contributed by atoms with Crippen LogP contribution in [0.25, 0.3) is 0 Å². The molecule has 0 radical (unpaired) electrons. The lowest BCUT2D eigenvalue weighted by molar-refractivity contribution is 0.0103. The first-order valence-electron chi connectivity index (χ1n) is 5.89. The van der Waals surface area contributed by atoms with Crippen LogP contribution in [-0.4, -0.2) is 60.3 Å². The third kappa shape index (κ3) is 2.96. The highest BCUT2D eigenvalue weighted by Gasteiger charge is 2.21. The Kier molecular flexibility index (Phi) is 4.11. The summed E-state index contributed by atoms with van der Waals surface area (Å²) in [6.07, 6.45) is 2.75. The zero-order valence-electron chi connectivity index (χ0n) is 10.3. The number of morpholine rings is 1. The number of pyridine rings is 1. The van der Waals surface area contributed by atoms with Gasteiger partial charge in [0.2, 0.25) is 0 Å². The number of nitrogens with zero attached hydrogens (tertiary/aromatic N) is 2. The Bertz CT molecular complexity index is 419. The predicted molar refractivity (Wildman–Crippen MR) is 65.5 cm³/mol. The number of carbonyl (C=O) groups excluding carboxylic acids is 1. The van der Waals surface area contributed by atoms with E-state index in [2.05, 4.69) is 10.3 Å². The summed E-state index contributed by atoms with van der Waals surface area (Å²) in [6, 6.07) is 1.51. The average Bonchev–Trinajstić information content (AvgIpc) is 2.39. The van der Waals surface area contributed by atoms with Crippen LogP contribution in [-0.2, 0) is 4.74 Å². The number of amides is 1. The van der Waals surface area contributed by atoms with Gasteiger partial charge in [0.15, 0.2) is 0 Å². The van der Waals surface area contributed by atoms with E-state index in [4.69, 9.17) is 4.74 Å². The number of hydrogen-bond acceptors (Lipinski definition) is 5. The van der Waals surface area contributed by atoms with Gasteiger partial charge >= 0.3 is 0 Å². The van der Waals surface area contributed by atoms with E-state index in [-0.39, 0.29) is 23.3 Å². The van der Waals surface area contributed by atoms with Crippen molar-refractivity contribution in [3.8, 4) is 5.75 Å². The van der Waals surface area contributed by atoms with Crippen LogP contribution in [0.4, 0.5) is 0 Å². The number of ether oxygens (including phenoxy) is 1. The number of aromatic hydroxyl groups is 1. The summed E-state index contributed by atoms with van der Waals surface area (Å²) in [7, 11) is 1.69. The Balaban J connectivity index is 1.98. The highest BCUT2D eigenvalue weighted by atomic mass is 16.5. The maximum atomic E-state index is 12.1. The lowest BCUT2D eigenvalue weighted by atomic mass is 10.2. The van der Waals surface area contributed by atoms with Gasteiger partial charge in [-0.3, -0.25) is 9.78 Å². The van der Waals surface area contributed by atoms with Crippen molar-refractivity contribution in [2.45, 2.75) is 6.10 Å². The SMILES string of the molecule is CN(CC1CNCCO1)C(=O)c1ccncc1O. The second-order valence-electron chi connectivity index (χ2n) is 4.28. The van der Waals surface area contributed by atoms with Gasteiger partial charge < -0.3 is 20.1 Å². The first-order chi connectivity index (χ1) is 8.68. The maximum Gasteiger partial charge on any atom is 0.257 e. The van der Waals surface area contributed by atoms with E-state index in [0.29, 0.717) is 13.2 Å². The molecule has 1 aromatic rings. The van der Waals surface area contributed by atoms with Crippen LogP contribution in [0.1, 0.15) is 10.4 Å². The number of likely N-dealkylation sites (N-methyl/N-ethyl adjacent to an activating group) is 1. The number of rotatable bonds is 3. The molecule has 2 rings (SSSR count). The number of aromatic nitrogens is 1. The topological polar surface area (TPSA) is 74.7 Å². The van der Waals surface area contributed by atoms with Gasteiger partial charge in [-0.05, 0) is 6.07 Å². The van der Waals surface area contributed by atoms with Gasteiger partial charge in [-0.2, -0.15) is 0 Å². The average molecular weight is 251 g/mol. The molecule has 1 amide bonds. The van der Waals surface area contributed by atoms with Gasteiger partial charge in [0.1, 0.15) is 5.75 Å². The maximum absolute atomic E-state index is 12.1. The molecule has 6 nitrogen and oxygen atoms in total. The molecule has 0 bridgehead atoms. The summed E-state index contributed by atoms with van der Waals surface area (Å²) in [5.74, 6) is -0.332. The molecule has 1 fully saturated rings. The lowest BCUT2D eigenvalue weighted by Crippen LogP contribution is -2.45. The molecular formula is C12H17N3O3. The third-order valence-electron chi connectivity index (χ3n) is 2.86.